The molecule has 8 heteroatoms. The summed E-state index contributed by atoms with van der Waals surface area (Å²) in [6, 6.07) is 11.4. The minimum atomic E-state index is -0.906. The van der Waals surface area contributed by atoms with Crippen molar-refractivity contribution in [2.45, 2.75) is 0 Å². The van der Waals surface area contributed by atoms with Crippen LogP contribution in [0.2, 0.25) is 0 Å². The fourth-order valence-electron chi connectivity index (χ4n) is 1.74. The van der Waals surface area contributed by atoms with Crippen molar-refractivity contribution < 1.29 is 19.4 Å². The molecule has 124 valence electrons. The highest BCUT2D eigenvalue weighted by molar-refractivity contribution is 9.10. The number of rotatable bonds is 4. The van der Waals surface area contributed by atoms with Crippen LogP contribution in [0, 0.1) is 0 Å². The second-order valence-electron chi connectivity index (χ2n) is 4.59. The first kappa shape index (κ1) is 17.5. The van der Waals surface area contributed by atoms with Crippen molar-refractivity contribution in [3.63, 3.8) is 0 Å². The van der Waals surface area contributed by atoms with Gasteiger partial charge in [-0.25, -0.2) is 5.43 Å². The number of hydrogen-bond acceptors (Lipinski definition) is 5. The summed E-state index contributed by atoms with van der Waals surface area (Å²) in [5.41, 5.74) is 3.19. The van der Waals surface area contributed by atoms with Gasteiger partial charge in [-0.2, -0.15) is 5.10 Å². The molecule has 0 fully saturated rings. The van der Waals surface area contributed by atoms with Crippen molar-refractivity contribution in [3.8, 4) is 11.5 Å². The summed E-state index contributed by atoms with van der Waals surface area (Å²) in [5, 5.41) is 15.6. The number of aromatic hydroxyl groups is 1. The largest absolute Gasteiger partial charge is 0.504 e. The van der Waals surface area contributed by atoms with Crippen LogP contribution in [0.15, 0.2) is 52.0 Å². The number of hydrogen-bond donors (Lipinski definition) is 3. The Balaban J connectivity index is 1.93. The molecule has 0 unspecified atom stereocenters. The van der Waals surface area contributed by atoms with Crippen LogP contribution in [0.3, 0.4) is 0 Å². The topological polar surface area (TPSA) is 100 Å². The molecule has 0 radical (unpaired) electrons. The lowest BCUT2D eigenvalue weighted by Crippen LogP contribution is -2.32. The van der Waals surface area contributed by atoms with Crippen molar-refractivity contribution in [2.75, 3.05) is 12.4 Å². The maximum atomic E-state index is 11.7. The Hall–Kier alpha value is -2.87. The minimum absolute atomic E-state index is 0.00733. The van der Waals surface area contributed by atoms with E-state index < -0.39 is 11.8 Å². The van der Waals surface area contributed by atoms with Gasteiger partial charge in [-0.1, -0.05) is 22.0 Å². The van der Waals surface area contributed by atoms with Crippen molar-refractivity contribution in [3.05, 3.63) is 52.5 Å². The minimum Gasteiger partial charge on any atom is -0.504 e. The van der Waals surface area contributed by atoms with Crippen molar-refractivity contribution in [1.82, 2.24) is 5.43 Å². The molecule has 2 amide bonds. The number of halogens is 1. The molecule has 24 heavy (non-hydrogen) atoms. The van der Waals surface area contributed by atoms with E-state index in [0.29, 0.717) is 11.3 Å². The zero-order chi connectivity index (χ0) is 17.5. The van der Waals surface area contributed by atoms with Gasteiger partial charge in [-0.15, -0.1) is 0 Å². The summed E-state index contributed by atoms with van der Waals surface area (Å²) in [5.74, 6) is -1.48. The van der Waals surface area contributed by atoms with Gasteiger partial charge in [0.05, 0.1) is 13.3 Å². The third-order valence-corrected chi connectivity index (χ3v) is 3.37. The Morgan fingerprint density at radius 3 is 2.71 bits per heavy atom. The van der Waals surface area contributed by atoms with Crippen LogP contribution < -0.4 is 15.5 Å². The Morgan fingerprint density at radius 1 is 1.21 bits per heavy atom. The van der Waals surface area contributed by atoms with E-state index in [1.165, 1.54) is 25.5 Å². The molecule has 3 N–H and O–H groups in total. The maximum Gasteiger partial charge on any atom is 0.329 e. The predicted octanol–water partition coefficient (Wildman–Crippen LogP) is 2.25. The molecule has 7 nitrogen and oxygen atoms in total. The van der Waals surface area contributed by atoms with E-state index in [-0.39, 0.29) is 11.5 Å². The molecule has 0 aliphatic rings. The van der Waals surface area contributed by atoms with Crippen LogP contribution in [0.25, 0.3) is 0 Å². The fourth-order valence-corrected chi connectivity index (χ4v) is 2.14. The number of phenolic OH excluding ortho intramolecular Hbond substituents is 1. The molecule has 0 saturated heterocycles. The molecule has 0 aliphatic carbocycles. The number of hydrazone groups is 1. The summed E-state index contributed by atoms with van der Waals surface area (Å²) in [6.45, 7) is 0. The summed E-state index contributed by atoms with van der Waals surface area (Å²) < 4.78 is 5.74. The lowest BCUT2D eigenvalue weighted by Gasteiger charge is -2.04. The number of carbonyl (C=O) groups is 2. The van der Waals surface area contributed by atoms with E-state index in [9.17, 15) is 14.7 Å². The van der Waals surface area contributed by atoms with Gasteiger partial charge in [0.15, 0.2) is 11.5 Å². The molecule has 0 aromatic heterocycles. The summed E-state index contributed by atoms with van der Waals surface area (Å²) in [7, 11) is 1.42. The summed E-state index contributed by atoms with van der Waals surface area (Å²) in [6.07, 6.45) is 1.33. The van der Waals surface area contributed by atoms with E-state index in [4.69, 9.17) is 4.74 Å². The van der Waals surface area contributed by atoms with Gasteiger partial charge >= 0.3 is 11.8 Å². The molecule has 2 aromatic carbocycles. The molecule has 0 atom stereocenters. The quantitative estimate of drug-likeness (QED) is 0.422. The highest BCUT2D eigenvalue weighted by atomic mass is 79.9. The second kappa shape index (κ2) is 8.11. The Labute approximate surface area is 146 Å². The average Bonchev–Trinajstić information content (AvgIpc) is 2.56. The first-order chi connectivity index (χ1) is 11.5. The van der Waals surface area contributed by atoms with Crippen LogP contribution in [0.1, 0.15) is 5.56 Å². The molecule has 0 bridgehead atoms. The van der Waals surface area contributed by atoms with Gasteiger partial charge in [0, 0.05) is 10.2 Å². The van der Waals surface area contributed by atoms with Gasteiger partial charge in [0.2, 0.25) is 0 Å². The lowest BCUT2D eigenvalue weighted by atomic mass is 10.2. The number of methoxy groups -OCH3 is 1. The normalized spacial score (nSPS) is 10.4. The number of phenols is 1. The summed E-state index contributed by atoms with van der Waals surface area (Å²) in [4.78, 5) is 23.4. The fraction of sp³-hybridized carbons (Fsp3) is 0.0625. The van der Waals surface area contributed by atoms with Gasteiger partial charge in [-0.05, 0) is 42.0 Å². The molecule has 0 saturated carbocycles. The molecular weight excluding hydrogens is 378 g/mol. The SMILES string of the molecule is COc1cc(/C=N\NC(=O)C(=O)Nc2cccc(Br)c2)ccc1O. The van der Waals surface area contributed by atoms with Crippen LogP contribution in [-0.2, 0) is 9.59 Å². The molecule has 0 aliphatic heterocycles. The average molecular weight is 392 g/mol. The Morgan fingerprint density at radius 2 is 2.00 bits per heavy atom. The van der Waals surface area contributed by atoms with Crippen molar-refractivity contribution in [1.29, 1.82) is 0 Å². The molecule has 2 rings (SSSR count). The summed E-state index contributed by atoms with van der Waals surface area (Å²) >= 11 is 3.27. The molecule has 0 heterocycles. The highest BCUT2D eigenvalue weighted by Crippen LogP contribution is 2.25. The number of amides is 2. The van der Waals surface area contributed by atoms with Crippen LogP contribution in [-0.4, -0.2) is 30.2 Å². The van der Waals surface area contributed by atoms with Crippen molar-refractivity contribution >= 4 is 39.6 Å². The second-order valence-corrected chi connectivity index (χ2v) is 5.51. The van der Waals surface area contributed by atoms with Crippen LogP contribution >= 0.6 is 15.9 Å². The number of ether oxygens (including phenoxy) is 1. The number of benzene rings is 2. The standard InChI is InChI=1S/C16H14BrN3O4/c1-24-14-7-10(5-6-13(14)21)9-18-20-16(23)15(22)19-12-4-2-3-11(17)8-12/h2-9,21H,1H3,(H,19,22)(H,20,23)/b18-9-. The van der Waals surface area contributed by atoms with Gasteiger partial charge in [-0.3, -0.25) is 9.59 Å². The monoisotopic (exact) mass is 391 g/mol. The molecule has 2 aromatic rings. The third kappa shape index (κ3) is 4.82. The zero-order valence-electron chi connectivity index (χ0n) is 12.6. The van der Waals surface area contributed by atoms with Crippen LogP contribution in [0.5, 0.6) is 11.5 Å². The van der Waals surface area contributed by atoms with Crippen LogP contribution in [0.4, 0.5) is 5.69 Å². The Bertz CT molecular complexity index is 793. The number of anilines is 1. The first-order valence-electron chi connectivity index (χ1n) is 6.76. The van der Waals surface area contributed by atoms with E-state index in [2.05, 4.69) is 31.8 Å². The molecule has 0 spiro atoms. The number of nitrogens with zero attached hydrogens (tertiary/aromatic N) is 1. The predicted molar refractivity (Wildman–Crippen MR) is 93.2 cm³/mol. The van der Waals surface area contributed by atoms with E-state index in [1.54, 1.807) is 30.3 Å². The number of nitrogens with one attached hydrogen (secondary N) is 2. The van der Waals surface area contributed by atoms with E-state index in [1.807, 2.05) is 0 Å². The number of carbonyl (C=O) groups excluding carboxylic acids is 2. The van der Waals surface area contributed by atoms with Gasteiger partial charge in [0.1, 0.15) is 0 Å². The van der Waals surface area contributed by atoms with E-state index >= 15 is 0 Å². The van der Waals surface area contributed by atoms with Gasteiger partial charge in [0.25, 0.3) is 0 Å². The third-order valence-electron chi connectivity index (χ3n) is 2.87. The maximum absolute atomic E-state index is 11.7. The van der Waals surface area contributed by atoms with Crippen molar-refractivity contribution in [2.24, 2.45) is 5.10 Å². The highest BCUT2D eigenvalue weighted by Gasteiger charge is 2.12. The lowest BCUT2D eigenvalue weighted by molar-refractivity contribution is -0.136. The smallest absolute Gasteiger partial charge is 0.329 e. The first-order valence-corrected chi connectivity index (χ1v) is 7.56. The zero-order valence-corrected chi connectivity index (χ0v) is 14.2. The van der Waals surface area contributed by atoms with E-state index in [0.717, 1.165) is 4.47 Å². The molecular formula is C16H14BrN3O4. The Kier molecular flexibility index (Phi) is 5.91. The van der Waals surface area contributed by atoms with Gasteiger partial charge < -0.3 is 15.2 Å².